The molecule has 1 N–H and O–H groups in total. The molecule has 1 aliphatic rings. The van der Waals surface area contributed by atoms with Gasteiger partial charge in [0.25, 0.3) is 5.91 Å². The summed E-state index contributed by atoms with van der Waals surface area (Å²) >= 11 is 6.24. The molecule has 0 saturated carbocycles. The van der Waals surface area contributed by atoms with Crippen LogP contribution < -0.4 is 14.8 Å². The van der Waals surface area contributed by atoms with Crippen molar-refractivity contribution in [3.05, 3.63) is 70.0 Å². The number of ether oxygens (including phenoxy) is 3. The van der Waals surface area contributed by atoms with Crippen LogP contribution in [0.4, 0.5) is 5.69 Å². The summed E-state index contributed by atoms with van der Waals surface area (Å²) in [7, 11) is 0. The van der Waals surface area contributed by atoms with Crippen LogP contribution in [0.15, 0.2) is 42.5 Å². The first-order valence-electron chi connectivity index (χ1n) is 10.6. The van der Waals surface area contributed by atoms with Crippen LogP contribution in [0.3, 0.4) is 0 Å². The molecule has 8 nitrogen and oxygen atoms in total. The number of hydrogen-bond donors (Lipinski definition) is 1. The van der Waals surface area contributed by atoms with E-state index in [0.717, 1.165) is 12.0 Å². The fourth-order valence-electron chi connectivity index (χ4n) is 3.58. The predicted octanol–water partition coefficient (Wildman–Crippen LogP) is 4.16. The molecule has 0 saturated heterocycles. The van der Waals surface area contributed by atoms with Crippen LogP contribution in [0.2, 0.25) is 5.02 Å². The molecule has 0 bridgehead atoms. The van der Waals surface area contributed by atoms with Gasteiger partial charge in [0.1, 0.15) is 5.56 Å². The number of halogens is 1. The number of nitrogens with one attached hydrogen (secondary N) is 1. The quantitative estimate of drug-likeness (QED) is 0.545. The van der Waals surface area contributed by atoms with Crippen molar-refractivity contribution in [2.45, 2.75) is 26.8 Å². The van der Waals surface area contributed by atoms with Crippen molar-refractivity contribution in [1.82, 2.24) is 9.78 Å². The predicted molar refractivity (Wildman–Crippen MR) is 123 cm³/mol. The lowest BCUT2D eigenvalue weighted by Gasteiger charge is -2.11. The van der Waals surface area contributed by atoms with E-state index in [-0.39, 0.29) is 0 Å². The molecule has 3 aromatic rings. The van der Waals surface area contributed by atoms with Gasteiger partial charge >= 0.3 is 5.97 Å². The molecule has 0 aliphatic carbocycles. The maximum absolute atomic E-state index is 12.7. The Bertz CT molecular complexity index is 1190. The molecule has 0 atom stereocenters. The highest BCUT2D eigenvalue weighted by atomic mass is 35.5. The molecule has 0 fully saturated rings. The molecule has 33 heavy (non-hydrogen) atoms. The Kier molecular flexibility index (Phi) is 6.84. The van der Waals surface area contributed by atoms with Crippen molar-refractivity contribution >= 4 is 29.2 Å². The third-order valence-corrected chi connectivity index (χ3v) is 5.60. The molecule has 1 amide bonds. The van der Waals surface area contributed by atoms with Crippen LogP contribution in [-0.2, 0) is 16.1 Å². The second-order valence-electron chi connectivity index (χ2n) is 7.63. The number of rotatable bonds is 6. The van der Waals surface area contributed by atoms with Crippen molar-refractivity contribution in [3.8, 4) is 11.5 Å². The average molecular weight is 470 g/mol. The highest BCUT2D eigenvalue weighted by Gasteiger charge is 2.21. The molecule has 2 heterocycles. The topological polar surface area (TPSA) is 91.7 Å². The molecule has 0 unspecified atom stereocenters. The maximum atomic E-state index is 12.7. The van der Waals surface area contributed by atoms with Gasteiger partial charge in [0, 0.05) is 23.2 Å². The first-order chi connectivity index (χ1) is 15.9. The van der Waals surface area contributed by atoms with Crippen molar-refractivity contribution in [3.63, 3.8) is 0 Å². The molecule has 0 spiro atoms. The lowest BCUT2D eigenvalue weighted by molar-refractivity contribution is -0.119. The molecular weight excluding hydrogens is 446 g/mol. The van der Waals surface area contributed by atoms with Gasteiger partial charge in [-0.2, -0.15) is 5.10 Å². The van der Waals surface area contributed by atoms with Gasteiger partial charge < -0.3 is 19.5 Å². The molecule has 4 rings (SSSR count). The Morgan fingerprint density at radius 1 is 1.12 bits per heavy atom. The van der Waals surface area contributed by atoms with Crippen molar-refractivity contribution in [2.75, 3.05) is 25.1 Å². The molecule has 9 heteroatoms. The van der Waals surface area contributed by atoms with Gasteiger partial charge in [-0.15, -0.1) is 0 Å². The number of fused-ring (bicyclic) bond motifs is 1. The van der Waals surface area contributed by atoms with E-state index in [2.05, 4.69) is 10.4 Å². The van der Waals surface area contributed by atoms with Gasteiger partial charge in [-0.25, -0.2) is 4.79 Å². The largest absolute Gasteiger partial charge is 0.490 e. The van der Waals surface area contributed by atoms with Crippen LogP contribution in [0, 0.1) is 13.8 Å². The zero-order valence-corrected chi connectivity index (χ0v) is 19.1. The number of carbonyl (C=O) groups is 2. The second kappa shape index (κ2) is 9.95. The second-order valence-corrected chi connectivity index (χ2v) is 8.04. The lowest BCUT2D eigenvalue weighted by atomic mass is 10.2. The zero-order valence-electron chi connectivity index (χ0n) is 18.4. The molecule has 1 aromatic heterocycles. The van der Waals surface area contributed by atoms with Crippen LogP contribution in [0.5, 0.6) is 11.5 Å². The fourth-order valence-corrected chi connectivity index (χ4v) is 3.77. The van der Waals surface area contributed by atoms with E-state index in [4.69, 9.17) is 25.8 Å². The molecule has 1 aliphatic heterocycles. The summed E-state index contributed by atoms with van der Waals surface area (Å²) in [5, 5.41) is 7.77. The molecule has 0 radical (unpaired) electrons. The van der Waals surface area contributed by atoms with Crippen LogP contribution in [0.25, 0.3) is 0 Å². The van der Waals surface area contributed by atoms with E-state index in [1.807, 2.05) is 18.2 Å². The summed E-state index contributed by atoms with van der Waals surface area (Å²) in [6, 6.07) is 12.6. The van der Waals surface area contributed by atoms with E-state index in [0.29, 0.717) is 58.9 Å². The van der Waals surface area contributed by atoms with Gasteiger partial charge in [0.2, 0.25) is 0 Å². The first-order valence-corrected chi connectivity index (χ1v) is 10.9. The molecule has 172 valence electrons. The Hall–Kier alpha value is -3.52. The fraction of sp³-hybridized carbons (Fsp3) is 0.292. The summed E-state index contributed by atoms with van der Waals surface area (Å²) in [6.45, 7) is 4.63. The van der Waals surface area contributed by atoms with Crippen molar-refractivity contribution < 1.29 is 23.8 Å². The van der Waals surface area contributed by atoms with E-state index in [1.54, 1.807) is 42.8 Å². The zero-order chi connectivity index (χ0) is 23.4. The van der Waals surface area contributed by atoms with E-state index >= 15 is 0 Å². The smallest absolute Gasteiger partial charge is 0.342 e. The molecular formula is C24H24ClN3O5. The number of aromatic nitrogens is 2. The maximum Gasteiger partial charge on any atom is 0.342 e. The summed E-state index contributed by atoms with van der Waals surface area (Å²) in [5.74, 6) is 0.136. The monoisotopic (exact) mass is 469 g/mol. The number of benzene rings is 2. The van der Waals surface area contributed by atoms with Gasteiger partial charge in [-0.05, 0) is 37.6 Å². The van der Waals surface area contributed by atoms with Gasteiger partial charge in [0.05, 0.1) is 31.1 Å². The lowest BCUT2D eigenvalue weighted by Crippen LogP contribution is -2.21. The van der Waals surface area contributed by atoms with Gasteiger partial charge in [0.15, 0.2) is 18.1 Å². The number of esters is 1. The number of aryl methyl sites for hydroxylation is 1. The van der Waals surface area contributed by atoms with Crippen molar-refractivity contribution in [1.29, 1.82) is 0 Å². The normalized spacial score (nSPS) is 12.7. The summed E-state index contributed by atoms with van der Waals surface area (Å²) in [5.41, 5.74) is 2.92. The number of nitrogens with zero attached hydrogens (tertiary/aromatic N) is 2. The third-order valence-electron chi connectivity index (χ3n) is 5.23. The molecule has 2 aromatic carbocycles. The SMILES string of the molecule is Cc1nn(Cc2ccccc2Cl)c(C)c1C(=O)OCC(=O)Nc1ccc2c(c1)OCCCO2. The average Bonchev–Trinajstić information content (AvgIpc) is 2.94. The Morgan fingerprint density at radius 3 is 2.67 bits per heavy atom. The van der Waals surface area contributed by atoms with Crippen LogP contribution in [-0.4, -0.2) is 41.5 Å². The summed E-state index contributed by atoms with van der Waals surface area (Å²) in [6.07, 6.45) is 0.792. The highest BCUT2D eigenvalue weighted by molar-refractivity contribution is 6.31. The minimum Gasteiger partial charge on any atom is -0.490 e. The minimum absolute atomic E-state index is 0.338. The standard InChI is InChI=1S/C24H24ClN3O5/c1-15-23(16(2)28(27-15)13-17-6-3-4-7-19(17)25)24(30)33-14-22(29)26-18-8-9-20-21(12-18)32-11-5-10-31-20/h3-4,6-9,12H,5,10-11,13-14H2,1-2H3,(H,26,29). The van der Waals surface area contributed by atoms with Crippen LogP contribution in [0.1, 0.15) is 33.7 Å². The van der Waals surface area contributed by atoms with Gasteiger partial charge in [-0.1, -0.05) is 29.8 Å². The highest BCUT2D eigenvalue weighted by Crippen LogP contribution is 2.32. The van der Waals surface area contributed by atoms with E-state index < -0.39 is 18.5 Å². The minimum atomic E-state index is -0.607. The van der Waals surface area contributed by atoms with E-state index in [1.165, 1.54) is 0 Å². The number of anilines is 1. The Balaban J connectivity index is 1.38. The summed E-state index contributed by atoms with van der Waals surface area (Å²) < 4.78 is 18.2. The van der Waals surface area contributed by atoms with Crippen LogP contribution >= 0.6 is 11.6 Å². The number of hydrogen-bond acceptors (Lipinski definition) is 6. The van der Waals surface area contributed by atoms with Crippen molar-refractivity contribution in [2.24, 2.45) is 0 Å². The summed E-state index contributed by atoms with van der Waals surface area (Å²) in [4.78, 5) is 25.0. The van der Waals surface area contributed by atoms with E-state index in [9.17, 15) is 9.59 Å². The third kappa shape index (κ3) is 5.28. The Morgan fingerprint density at radius 2 is 1.88 bits per heavy atom. The van der Waals surface area contributed by atoms with Gasteiger partial charge in [-0.3, -0.25) is 9.48 Å². The first kappa shape index (κ1) is 22.7. The number of amides is 1. The number of carbonyl (C=O) groups excluding carboxylic acids is 2. The Labute approximate surface area is 196 Å².